The summed E-state index contributed by atoms with van der Waals surface area (Å²) in [6.07, 6.45) is 1.95. The Kier molecular flexibility index (Phi) is 3.33. The molecule has 3 aromatic rings. The molecule has 2 atom stereocenters. The van der Waals surface area contributed by atoms with Crippen molar-refractivity contribution in [3.05, 3.63) is 60.2 Å². The van der Waals surface area contributed by atoms with Gasteiger partial charge in [-0.2, -0.15) is 0 Å². The Hall–Kier alpha value is -1.57. The Labute approximate surface area is 129 Å². The fourth-order valence-corrected chi connectivity index (χ4v) is 3.57. The predicted molar refractivity (Wildman–Crippen MR) is 89.0 cm³/mol. The average Bonchev–Trinajstić information content (AvgIpc) is 2.54. The number of hydrogen-bond donors (Lipinski definition) is 0. The zero-order valence-electron chi connectivity index (χ0n) is 11.8. The van der Waals surface area contributed by atoms with Crippen LogP contribution < -0.4 is 0 Å². The number of hydrogen-bond acceptors (Lipinski definition) is 1. The molecule has 1 aliphatic heterocycles. The SMILES string of the molecule is Cl[C@@H]1CCO[C@H](c2cc3ccccc3c3ccccc23)C1. The summed E-state index contributed by atoms with van der Waals surface area (Å²) < 4.78 is 6.01. The molecule has 0 aromatic heterocycles. The molecule has 1 saturated heterocycles. The number of halogens is 1. The molecule has 1 aliphatic rings. The Morgan fingerprint density at radius 2 is 1.62 bits per heavy atom. The monoisotopic (exact) mass is 296 g/mol. The van der Waals surface area contributed by atoms with Crippen LogP contribution in [0.15, 0.2) is 54.6 Å². The lowest BCUT2D eigenvalue weighted by Gasteiger charge is -2.27. The molecule has 0 spiro atoms. The molecule has 0 N–H and O–H groups in total. The first kappa shape index (κ1) is 13.1. The van der Waals surface area contributed by atoms with Gasteiger partial charge in [-0.15, -0.1) is 11.6 Å². The predicted octanol–water partition coefficient (Wildman–Crippen LogP) is 5.45. The van der Waals surface area contributed by atoms with Crippen molar-refractivity contribution < 1.29 is 4.74 Å². The van der Waals surface area contributed by atoms with Crippen LogP contribution in [0.5, 0.6) is 0 Å². The second-order valence-electron chi connectivity index (χ2n) is 5.71. The Morgan fingerprint density at radius 3 is 2.43 bits per heavy atom. The fourth-order valence-electron chi connectivity index (χ4n) is 3.32. The summed E-state index contributed by atoms with van der Waals surface area (Å²) in [5.74, 6) is 0. The second-order valence-corrected chi connectivity index (χ2v) is 6.33. The van der Waals surface area contributed by atoms with E-state index < -0.39 is 0 Å². The van der Waals surface area contributed by atoms with Gasteiger partial charge < -0.3 is 4.74 Å². The average molecular weight is 297 g/mol. The highest BCUT2D eigenvalue weighted by Crippen LogP contribution is 2.37. The molecular formula is C19H17ClO. The number of alkyl halides is 1. The van der Waals surface area contributed by atoms with Crippen molar-refractivity contribution in [2.75, 3.05) is 6.61 Å². The van der Waals surface area contributed by atoms with Crippen molar-refractivity contribution in [3.8, 4) is 0 Å². The molecule has 2 heteroatoms. The molecule has 0 unspecified atom stereocenters. The Bertz CT molecular complexity index is 796. The molecule has 1 nitrogen and oxygen atoms in total. The van der Waals surface area contributed by atoms with Crippen molar-refractivity contribution in [2.24, 2.45) is 0 Å². The molecule has 3 aromatic carbocycles. The van der Waals surface area contributed by atoms with Crippen LogP contribution in [-0.4, -0.2) is 12.0 Å². The summed E-state index contributed by atoms with van der Waals surface area (Å²) in [6.45, 7) is 0.750. The molecule has 0 saturated carbocycles. The number of benzene rings is 3. The Balaban J connectivity index is 1.98. The van der Waals surface area contributed by atoms with Crippen molar-refractivity contribution >= 4 is 33.1 Å². The van der Waals surface area contributed by atoms with Crippen LogP contribution in [0.4, 0.5) is 0 Å². The number of fused-ring (bicyclic) bond motifs is 3. The van der Waals surface area contributed by atoms with Crippen molar-refractivity contribution in [1.82, 2.24) is 0 Å². The van der Waals surface area contributed by atoms with Crippen LogP contribution in [0, 0.1) is 0 Å². The lowest BCUT2D eigenvalue weighted by Crippen LogP contribution is -2.20. The zero-order chi connectivity index (χ0) is 14.2. The van der Waals surface area contributed by atoms with Gasteiger partial charge >= 0.3 is 0 Å². The maximum atomic E-state index is 6.35. The largest absolute Gasteiger partial charge is 0.373 e. The topological polar surface area (TPSA) is 9.23 Å². The van der Waals surface area contributed by atoms with Gasteiger partial charge in [0.15, 0.2) is 0 Å². The maximum absolute atomic E-state index is 6.35. The lowest BCUT2D eigenvalue weighted by molar-refractivity contribution is 0.0178. The fraction of sp³-hybridized carbons (Fsp3) is 0.263. The summed E-state index contributed by atoms with van der Waals surface area (Å²) in [6, 6.07) is 19.4. The van der Waals surface area contributed by atoms with Crippen LogP contribution in [0.2, 0.25) is 0 Å². The van der Waals surface area contributed by atoms with Crippen molar-refractivity contribution in [2.45, 2.75) is 24.3 Å². The normalized spacial score (nSPS) is 22.7. The molecule has 0 radical (unpaired) electrons. The van der Waals surface area contributed by atoms with Crippen LogP contribution in [0.1, 0.15) is 24.5 Å². The molecule has 0 aliphatic carbocycles. The van der Waals surface area contributed by atoms with Crippen LogP contribution in [-0.2, 0) is 4.74 Å². The molecule has 1 heterocycles. The molecule has 1 fully saturated rings. The van der Waals surface area contributed by atoms with Gasteiger partial charge in [0.2, 0.25) is 0 Å². The highest BCUT2D eigenvalue weighted by Gasteiger charge is 2.24. The minimum absolute atomic E-state index is 0.107. The van der Waals surface area contributed by atoms with Crippen LogP contribution in [0.25, 0.3) is 21.5 Å². The third-order valence-corrected chi connectivity index (χ3v) is 4.76. The van der Waals surface area contributed by atoms with E-state index in [9.17, 15) is 0 Å². The highest BCUT2D eigenvalue weighted by molar-refractivity contribution is 6.20. The van der Waals surface area contributed by atoms with Gasteiger partial charge in [-0.1, -0.05) is 48.5 Å². The van der Waals surface area contributed by atoms with E-state index >= 15 is 0 Å². The molecular weight excluding hydrogens is 280 g/mol. The Morgan fingerprint density at radius 1 is 0.905 bits per heavy atom. The van der Waals surface area contributed by atoms with Gasteiger partial charge in [0.25, 0.3) is 0 Å². The molecule has 0 bridgehead atoms. The van der Waals surface area contributed by atoms with E-state index in [1.165, 1.54) is 27.1 Å². The van der Waals surface area contributed by atoms with Crippen LogP contribution >= 0.6 is 11.6 Å². The number of ether oxygens (including phenoxy) is 1. The summed E-state index contributed by atoms with van der Waals surface area (Å²) in [5, 5.41) is 5.37. The van der Waals surface area contributed by atoms with E-state index in [1.54, 1.807) is 0 Å². The number of rotatable bonds is 1. The quantitative estimate of drug-likeness (QED) is 0.428. The van der Waals surface area contributed by atoms with E-state index in [1.807, 2.05) is 0 Å². The van der Waals surface area contributed by atoms with Gasteiger partial charge in [0.1, 0.15) is 0 Å². The van der Waals surface area contributed by atoms with Gasteiger partial charge in [-0.25, -0.2) is 0 Å². The standard InChI is InChI=1S/C19H17ClO/c20-14-9-10-21-19(12-14)18-11-13-5-1-2-6-15(13)16-7-3-4-8-17(16)18/h1-8,11,14,19H,9-10,12H2/t14-,19+/m1/s1. The van der Waals surface area contributed by atoms with Gasteiger partial charge in [-0.3, -0.25) is 0 Å². The smallest absolute Gasteiger partial charge is 0.0845 e. The van der Waals surface area contributed by atoms with Crippen LogP contribution in [0.3, 0.4) is 0 Å². The van der Waals surface area contributed by atoms with Gasteiger partial charge in [0.05, 0.1) is 6.10 Å². The first-order chi connectivity index (χ1) is 10.3. The molecule has 21 heavy (non-hydrogen) atoms. The van der Waals surface area contributed by atoms with Crippen molar-refractivity contribution in [3.63, 3.8) is 0 Å². The summed E-state index contributed by atoms with van der Waals surface area (Å²) in [5.41, 5.74) is 1.27. The third kappa shape index (κ3) is 2.31. The zero-order valence-corrected chi connectivity index (χ0v) is 12.5. The van der Waals surface area contributed by atoms with E-state index in [4.69, 9.17) is 16.3 Å². The third-order valence-electron chi connectivity index (χ3n) is 4.37. The van der Waals surface area contributed by atoms with Gasteiger partial charge in [-0.05, 0) is 46.0 Å². The minimum Gasteiger partial charge on any atom is -0.373 e. The van der Waals surface area contributed by atoms with E-state index in [0.717, 1.165) is 19.4 Å². The van der Waals surface area contributed by atoms with Crippen molar-refractivity contribution in [1.29, 1.82) is 0 Å². The summed E-state index contributed by atoms with van der Waals surface area (Å²) >= 11 is 6.35. The summed E-state index contributed by atoms with van der Waals surface area (Å²) in [7, 11) is 0. The minimum atomic E-state index is 0.107. The van der Waals surface area contributed by atoms with E-state index in [0.29, 0.717) is 0 Å². The molecule has 106 valence electrons. The highest BCUT2D eigenvalue weighted by atomic mass is 35.5. The lowest BCUT2D eigenvalue weighted by atomic mass is 9.92. The van der Waals surface area contributed by atoms with Gasteiger partial charge in [0, 0.05) is 12.0 Å². The van der Waals surface area contributed by atoms with E-state index in [-0.39, 0.29) is 11.5 Å². The van der Waals surface area contributed by atoms with E-state index in [2.05, 4.69) is 54.6 Å². The first-order valence-corrected chi connectivity index (χ1v) is 7.92. The second kappa shape index (κ2) is 5.32. The molecule has 4 rings (SSSR count). The summed E-state index contributed by atoms with van der Waals surface area (Å²) in [4.78, 5) is 0. The molecule has 0 amide bonds. The maximum Gasteiger partial charge on any atom is 0.0845 e. The first-order valence-electron chi connectivity index (χ1n) is 7.49.